The van der Waals surface area contributed by atoms with E-state index in [1.54, 1.807) is 6.07 Å². The van der Waals surface area contributed by atoms with Gasteiger partial charge in [0, 0.05) is 11.5 Å². The van der Waals surface area contributed by atoms with Crippen LogP contribution in [0.25, 0.3) is 10.9 Å². The highest BCUT2D eigenvalue weighted by molar-refractivity contribution is 5.82. The van der Waals surface area contributed by atoms with Crippen LogP contribution in [0.3, 0.4) is 0 Å². The van der Waals surface area contributed by atoms with E-state index in [1.165, 1.54) is 0 Å². The van der Waals surface area contributed by atoms with Gasteiger partial charge in [0.25, 0.3) is 0 Å². The zero-order valence-corrected chi connectivity index (χ0v) is 9.30. The number of para-hydroxylation sites is 1. The highest BCUT2D eigenvalue weighted by atomic mass is 16.6. The molecule has 88 valence electrons. The van der Waals surface area contributed by atoms with Crippen molar-refractivity contribution in [3.63, 3.8) is 0 Å². The highest BCUT2D eigenvalue weighted by Crippen LogP contribution is 2.23. The molecule has 1 aromatic heterocycles. The molecule has 2 heterocycles. The first kappa shape index (κ1) is 10.5. The Kier molecular flexibility index (Phi) is 2.66. The second kappa shape index (κ2) is 4.31. The number of fused-ring (bicyclic) bond motifs is 1. The highest BCUT2D eigenvalue weighted by Gasteiger charge is 2.21. The summed E-state index contributed by atoms with van der Waals surface area (Å²) in [5, 5.41) is 10.3. The molecular formula is C13H13NO3. The average molecular weight is 231 g/mol. The molecule has 17 heavy (non-hydrogen) atoms. The van der Waals surface area contributed by atoms with Crippen molar-refractivity contribution in [2.45, 2.75) is 12.7 Å². The van der Waals surface area contributed by atoms with Gasteiger partial charge in [0.1, 0.15) is 6.10 Å². The summed E-state index contributed by atoms with van der Waals surface area (Å²) in [6.45, 7) is 1.21. The molecule has 0 aliphatic carbocycles. The average Bonchev–Trinajstić information content (AvgIpc) is 2.33. The SMILES string of the molecule is OCc1cc(OC2COC2)nc2ccccc12. The second-order valence-electron chi connectivity index (χ2n) is 4.07. The van der Waals surface area contributed by atoms with Gasteiger partial charge < -0.3 is 14.6 Å². The molecule has 0 saturated carbocycles. The van der Waals surface area contributed by atoms with Crippen LogP contribution >= 0.6 is 0 Å². The molecule has 2 aromatic rings. The van der Waals surface area contributed by atoms with Crippen LogP contribution in [0.5, 0.6) is 5.88 Å². The Morgan fingerprint density at radius 1 is 1.35 bits per heavy atom. The Balaban J connectivity index is 2.01. The molecule has 0 bridgehead atoms. The molecule has 1 aliphatic heterocycles. The van der Waals surface area contributed by atoms with Crippen LogP contribution in [-0.4, -0.2) is 29.4 Å². The summed E-state index contributed by atoms with van der Waals surface area (Å²) in [5.74, 6) is 0.557. The first-order valence-electron chi connectivity index (χ1n) is 5.61. The van der Waals surface area contributed by atoms with Crippen molar-refractivity contribution in [1.29, 1.82) is 0 Å². The maximum absolute atomic E-state index is 9.36. The summed E-state index contributed by atoms with van der Waals surface area (Å²) < 4.78 is 10.7. The fourth-order valence-corrected chi connectivity index (χ4v) is 1.86. The number of aliphatic hydroxyl groups excluding tert-OH is 1. The molecule has 1 fully saturated rings. The fourth-order valence-electron chi connectivity index (χ4n) is 1.86. The first-order chi connectivity index (χ1) is 8.36. The minimum atomic E-state index is -0.0133. The van der Waals surface area contributed by atoms with Crippen LogP contribution < -0.4 is 4.74 Å². The summed E-state index contributed by atoms with van der Waals surface area (Å²) >= 11 is 0. The predicted molar refractivity (Wildman–Crippen MR) is 62.9 cm³/mol. The van der Waals surface area contributed by atoms with Crippen LogP contribution in [0.4, 0.5) is 0 Å². The lowest BCUT2D eigenvalue weighted by atomic mass is 10.1. The van der Waals surface area contributed by atoms with Crippen molar-refractivity contribution in [1.82, 2.24) is 4.98 Å². The molecule has 0 unspecified atom stereocenters. The van der Waals surface area contributed by atoms with Crippen molar-refractivity contribution in [3.8, 4) is 5.88 Å². The van der Waals surface area contributed by atoms with Gasteiger partial charge in [-0.25, -0.2) is 4.98 Å². The summed E-state index contributed by atoms with van der Waals surface area (Å²) in [5.41, 5.74) is 1.68. The van der Waals surface area contributed by atoms with E-state index in [4.69, 9.17) is 9.47 Å². The summed E-state index contributed by atoms with van der Waals surface area (Å²) in [6, 6.07) is 9.51. The Hall–Kier alpha value is -1.65. The quantitative estimate of drug-likeness (QED) is 0.869. The van der Waals surface area contributed by atoms with Crippen molar-refractivity contribution in [2.75, 3.05) is 13.2 Å². The number of nitrogens with zero attached hydrogens (tertiary/aromatic N) is 1. The zero-order chi connectivity index (χ0) is 11.7. The maximum atomic E-state index is 9.36. The van der Waals surface area contributed by atoms with E-state index in [0.29, 0.717) is 19.1 Å². The van der Waals surface area contributed by atoms with Crippen LogP contribution in [-0.2, 0) is 11.3 Å². The van der Waals surface area contributed by atoms with Gasteiger partial charge in [-0.1, -0.05) is 18.2 Å². The molecule has 1 N–H and O–H groups in total. The Bertz CT molecular complexity index is 537. The summed E-state index contributed by atoms with van der Waals surface area (Å²) in [4.78, 5) is 4.42. The van der Waals surface area contributed by atoms with E-state index in [1.807, 2.05) is 24.3 Å². The standard InChI is InChI=1S/C13H13NO3/c15-6-9-5-13(17-10-7-16-8-10)14-12-4-2-1-3-11(9)12/h1-5,10,15H,6-8H2. The van der Waals surface area contributed by atoms with E-state index in [9.17, 15) is 5.11 Å². The van der Waals surface area contributed by atoms with E-state index in [-0.39, 0.29) is 12.7 Å². The van der Waals surface area contributed by atoms with E-state index in [2.05, 4.69) is 4.98 Å². The van der Waals surface area contributed by atoms with Crippen molar-refractivity contribution < 1.29 is 14.6 Å². The van der Waals surface area contributed by atoms with Gasteiger partial charge in [0.2, 0.25) is 5.88 Å². The third-order valence-corrected chi connectivity index (χ3v) is 2.84. The Morgan fingerprint density at radius 3 is 2.88 bits per heavy atom. The lowest BCUT2D eigenvalue weighted by Gasteiger charge is -2.26. The van der Waals surface area contributed by atoms with E-state index < -0.39 is 0 Å². The van der Waals surface area contributed by atoms with Crippen LogP contribution in [0.2, 0.25) is 0 Å². The molecule has 1 aliphatic rings. The number of pyridine rings is 1. The molecule has 0 amide bonds. The number of hydrogen-bond acceptors (Lipinski definition) is 4. The van der Waals surface area contributed by atoms with E-state index >= 15 is 0 Å². The predicted octanol–water partition coefficient (Wildman–Crippen LogP) is 1.50. The molecule has 0 atom stereocenters. The minimum Gasteiger partial charge on any atom is -0.469 e. The number of aliphatic hydroxyl groups is 1. The molecule has 1 aromatic carbocycles. The molecule has 0 radical (unpaired) electrons. The number of hydrogen-bond donors (Lipinski definition) is 1. The summed E-state index contributed by atoms with van der Waals surface area (Å²) in [6.07, 6.45) is 0.0928. The van der Waals surface area contributed by atoms with Gasteiger partial charge in [0.05, 0.1) is 25.3 Å². The van der Waals surface area contributed by atoms with Crippen LogP contribution in [0, 0.1) is 0 Å². The van der Waals surface area contributed by atoms with Gasteiger partial charge in [-0.2, -0.15) is 0 Å². The Morgan fingerprint density at radius 2 is 2.18 bits per heavy atom. The fraction of sp³-hybridized carbons (Fsp3) is 0.308. The first-order valence-corrected chi connectivity index (χ1v) is 5.61. The van der Waals surface area contributed by atoms with Gasteiger partial charge in [0.15, 0.2) is 0 Å². The minimum absolute atomic E-state index is 0.0133. The lowest BCUT2D eigenvalue weighted by molar-refractivity contribution is -0.0812. The van der Waals surface area contributed by atoms with Crippen molar-refractivity contribution in [2.24, 2.45) is 0 Å². The Labute approximate surface area is 98.8 Å². The summed E-state index contributed by atoms with van der Waals surface area (Å²) in [7, 11) is 0. The zero-order valence-electron chi connectivity index (χ0n) is 9.30. The van der Waals surface area contributed by atoms with Gasteiger partial charge in [-0.3, -0.25) is 0 Å². The van der Waals surface area contributed by atoms with Crippen molar-refractivity contribution >= 4 is 10.9 Å². The number of ether oxygens (including phenoxy) is 2. The third kappa shape index (κ3) is 1.97. The molecule has 0 spiro atoms. The molecular weight excluding hydrogens is 218 g/mol. The second-order valence-corrected chi connectivity index (χ2v) is 4.07. The van der Waals surface area contributed by atoms with Crippen LogP contribution in [0.1, 0.15) is 5.56 Å². The molecule has 1 saturated heterocycles. The van der Waals surface area contributed by atoms with Crippen molar-refractivity contribution in [3.05, 3.63) is 35.9 Å². The smallest absolute Gasteiger partial charge is 0.214 e. The molecule has 3 rings (SSSR count). The molecule has 4 heteroatoms. The van der Waals surface area contributed by atoms with E-state index in [0.717, 1.165) is 16.5 Å². The van der Waals surface area contributed by atoms with Gasteiger partial charge in [-0.15, -0.1) is 0 Å². The third-order valence-electron chi connectivity index (χ3n) is 2.84. The van der Waals surface area contributed by atoms with Crippen LogP contribution in [0.15, 0.2) is 30.3 Å². The topological polar surface area (TPSA) is 51.6 Å². The van der Waals surface area contributed by atoms with Gasteiger partial charge in [-0.05, 0) is 11.6 Å². The number of rotatable bonds is 3. The maximum Gasteiger partial charge on any atom is 0.214 e. The number of aromatic nitrogens is 1. The number of benzene rings is 1. The molecule has 4 nitrogen and oxygen atoms in total. The normalized spacial score (nSPS) is 15.8. The lowest BCUT2D eigenvalue weighted by Crippen LogP contribution is -2.38. The van der Waals surface area contributed by atoms with Gasteiger partial charge >= 0.3 is 0 Å². The largest absolute Gasteiger partial charge is 0.469 e. The monoisotopic (exact) mass is 231 g/mol.